The molecule has 1 aliphatic rings. The van der Waals surface area contributed by atoms with Crippen LogP contribution in [0.2, 0.25) is 0 Å². The highest BCUT2D eigenvalue weighted by molar-refractivity contribution is 5.79. The Hall–Kier alpha value is -2.64. The smallest absolute Gasteiger partial charge is 0.224 e. The van der Waals surface area contributed by atoms with Gasteiger partial charge in [-0.1, -0.05) is 5.16 Å². The summed E-state index contributed by atoms with van der Waals surface area (Å²) in [5.41, 5.74) is 1.62. The van der Waals surface area contributed by atoms with Gasteiger partial charge in [0, 0.05) is 37.8 Å². The molecule has 8 heteroatoms. The summed E-state index contributed by atoms with van der Waals surface area (Å²) >= 11 is 0. The highest BCUT2D eigenvalue weighted by Gasteiger charge is 2.14. The molecule has 0 radical (unpaired) electrons. The van der Waals surface area contributed by atoms with Crippen molar-refractivity contribution in [1.82, 2.24) is 20.4 Å². The second-order valence-electron chi connectivity index (χ2n) is 6.21. The zero-order valence-corrected chi connectivity index (χ0v) is 14.7. The van der Waals surface area contributed by atoms with Gasteiger partial charge in [0.05, 0.1) is 12.1 Å². The van der Waals surface area contributed by atoms with Gasteiger partial charge in [0.2, 0.25) is 5.91 Å². The van der Waals surface area contributed by atoms with Crippen molar-refractivity contribution in [3.05, 3.63) is 29.4 Å². The van der Waals surface area contributed by atoms with E-state index in [0.29, 0.717) is 18.8 Å². The lowest BCUT2D eigenvalue weighted by molar-refractivity contribution is -0.120. The number of hydrogen-bond acceptors (Lipinski definition) is 7. The van der Waals surface area contributed by atoms with Crippen molar-refractivity contribution in [2.75, 3.05) is 36.4 Å². The molecule has 25 heavy (non-hydrogen) atoms. The number of hydrogen-bond donors (Lipinski definition) is 2. The number of rotatable bonds is 7. The minimum Gasteiger partial charge on any atom is -0.368 e. The molecule has 3 rings (SSSR count). The predicted octanol–water partition coefficient (Wildman–Crippen LogP) is 1.45. The molecule has 0 unspecified atom stereocenters. The Kier molecular flexibility index (Phi) is 5.47. The second kappa shape index (κ2) is 7.96. The van der Waals surface area contributed by atoms with Gasteiger partial charge in [-0.25, -0.2) is 9.97 Å². The van der Waals surface area contributed by atoms with Crippen molar-refractivity contribution >= 4 is 17.5 Å². The summed E-state index contributed by atoms with van der Waals surface area (Å²) in [6.45, 7) is 6.88. The molecular weight excluding hydrogens is 320 g/mol. The standard InChI is InChI=1S/C17H24N6O2/c1-12-14(13(2)25-22-12)9-17(24)19-6-5-18-15-10-16(21-11-20-15)23-7-3-4-8-23/h10-11H,3-9H2,1-2H3,(H,19,24)(H,18,20,21). The fraction of sp³-hybridized carbons (Fsp3) is 0.529. The van der Waals surface area contributed by atoms with Crippen molar-refractivity contribution in [1.29, 1.82) is 0 Å². The van der Waals surface area contributed by atoms with Crippen LogP contribution in [0.1, 0.15) is 29.9 Å². The number of anilines is 2. The van der Waals surface area contributed by atoms with Crippen LogP contribution in [0.4, 0.5) is 11.6 Å². The Morgan fingerprint density at radius 2 is 2.04 bits per heavy atom. The molecule has 1 fully saturated rings. The first-order valence-corrected chi connectivity index (χ1v) is 8.63. The van der Waals surface area contributed by atoms with Crippen molar-refractivity contribution in [2.24, 2.45) is 0 Å². The van der Waals surface area contributed by atoms with Crippen LogP contribution in [0.5, 0.6) is 0 Å². The van der Waals surface area contributed by atoms with Crippen LogP contribution < -0.4 is 15.5 Å². The molecule has 2 aromatic rings. The molecule has 0 bridgehead atoms. The van der Waals surface area contributed by atoms with E-state index in [1.165, 1.54) is 12.8 Å². The van der Waals surface area contributed by atoms with Gasteiger partial charge in [-0.2, -0.15) is 0 Å². The van der Waals surface area contributed by atoms with E-state index in [9.17, 15) is 4.79 Å². The molecule has 0 saturated carbocycles. The lowest BCUT2D eigenvalue weighted by atomic mass is 10.1. The third-order valence-electron chi connectivity index (χ3n) is 4.35. The summed E-state index contributed by atoms with van der Waals surface area (Å²) < 4.78 is 5.07. The zero-order valence-electron chi connectivity index (χ0n) is 14.7. The van der Waals surface area contributed by atoms with Gasteiger partial charge in [0.1, 0.15) is 23.7 Å². The fourth-order valence-electron chi connectivity index (χ4n) is 2.93. The molecule has 0 aliphatic carbocycles. The summed E-state index contributed by atoms with van der Waals surface area (Å²) in [5, 5.41) is 9.97. The van der Waals surface area contributed by atoms with Gasteiger partial charge in [-0.3, -0.25) is 4.79 Å². The summed E-state index contributed by atoms with van der Waals surface area (Å²) in [7, 11) is 0. The van der Waals surface area contributed by atoms with E-state index in [2.05, 4.69) is 30.7 Å². The van der Waals surface area contributed by atoms with Crippen molar-refractivity contribution in [3.63, 3.8) is 0 Å². The minimum absolute atomic E-state index is 0.0448. The maximum Gasteiger partial charge on any atom is 0.224 e. The molecular formula is C17H24N6O2. The average molecular weight is 344 g/mol. The van der Waals surface area contributed by atoms with E-state index in [4.69, 9.17) is 4.52 Å². The topological polar surface area (TPSA) is 96.2 Å². The highest BCUT2D eigenvalue weighted by atomic mass is 16.5. The second-order valence-corrected chi connectivity index (χ2v) is 6.21. The first-order valence-electron chi connectivity index (χ1n) is 8.63. The number of carbonyl (C=O) groups is 1. The molecule has 2 N–H and O–H groups in total. The van der Waals surface area contributed by atoms with Crippen LogP contribution in [0.3, 0.4) is 0 Å². The first-order chi connectivity index (χ1) is 12.1. The van der Waals surface area contributed by atoms with Gasteiger partial charge < -0.3 is 20.1 Å². The lowest BCUT2D eigenvalue weighted by Gasteiger charge is -2.16. The zero-order chi connectivity index (χ0) is 17.6. The largest absolute Gasteiger partial charge is 0.368 e. The van der Waals surface area contributed by atoms with Crippen molar-refractivity contribution in [2.45, 2.75) is 33.1 Å². The Morgan fingerprint density at radius 1 is 1.24 bits per heavy atom. The molecule has 8 nitrogen and oxygen atoms in total. The van der Waals surface area contributed by atoms with Gasteiger partial charge in [-0.05, 0) is 26.7 Å². The number of nitrogens with one attached hydrogen (secondary N) is 2. The van der Waals surface area contributed by atoms with Crippen LogP contribution in [0.25, 0.3) is 0 Å². The summed E-state index contributed by atoms with van der Waals surface area (Å²) in [6.07, 6.45) is 4.29. The molecule has 1 saturated heterocycles. The Labute approximate surface area is 147 Å². The normalized spacial score (nSPS) is 13.9. The van der Waals surface area contributed by atoms with Crippen molar-refractivity contribution in [3.8, 4) is 0 Å². The van der Waals surface area contributed by atoms with E-state index in [1.807, 2.05) is 19.9 Å². The predicted molar refractivity (Wildman–Crippen MR) is 94.7 cm³/mol. The maximum absolute atomic E-state index is 12.0. The van der Waals surface area contributed by atoms with Crippen LogP contribution in [0, 0.1) is 13.8 Å². The van der Waals surface area contributed by atoms with E-state index in [1.54, 1.807) is 6.33 Å². The van der Waals surface area contributed by atoms with Gasteiger partial charge in [0.15, 0.2) is 0 Å². The lowest BCUT2D eigenvalue weighted by Crippen LogP contribution is -2.30. The summed E-state index contributed by atoms with van der Waals surface area (Å²) in [4.78, 5) is 22.8. The Bertz CT molecular complexity index is 704. The van der Waals surface area contributed by atoms with Gasteiger partial charge >= 0.3 is 0 Å². The molecule has 2 aromatic heterocycles. The highest BCUT2D eigenvalue weighted by Crippen LogP contribution is 2.19. The quantitative estimate of drug-likeness (QED) is 0.734. The van der Waals surface area contributed by atoms with Gasteiger partial charge in [0.25, 0.3) is 0 Å². The third-order valence-corrected chi connectivity index (χ3v) is 4.35. The Balaban J connectivity index is 1.42. The van der Waals surface area contributed by atoms with Crippen LogP contribution in [0.15, 0.2) is 16.9 Å². The SMILES string of the molecule is Cc1noc(C)c1CC(=O)NCCNc1cc(N2CCCC2)ncn1. The fourth-order valence-corrected chi connectivity index (χ4v) is 2.93. The molecule has 1 aliphatic heterocycles. The van der Waals surface area contributed by atoms with Gasteiger partial charge in [-0.15, -0.1) is 0 Å². The number of aromatic nitrogens is 3. The number of nitrogens with zero attached hydrogens (tertiary/aromatic N) is 4. The molecule has 0 atom stereocenters. The molecule has 0 aromatic carbocycles. The number of amides is 1. The maximum atomic E-state index is 12.0. The summed E-state index contributed by atoms with van der Waals surface area (Å²) in [5.74, 6) is 2.38. The average Bonchev–Trinajstić information content (AvgIpc) is 3.25. The van der Waals surface area contributed by atoms with E-state index in [0.717, 1.165) is 36.0 Å². The van der Waals surface area contributed by atoms with E-state index < -0.39 is 0 Å². The molecule has 3 heterocycles. The van der Waals surface area contributed by atoms with Crippen molar-refractivity contribution < 1.29 is 9.32 Å². The Morgan fingerprint density at radius 3 is 2.76 bits per heavy atom. The van der Waals surface area contributed by atoms with E-state index >= 15 is 0 Å². The van der Waals surface area contributed by atoms with Crippen LogP contribution in [-0.4, -0.2) is 47.2 Å². The molecule has 0 spiro atoms. The third kappa shape index (κ3) is 4.46. The molecule has 1 amide bonds. The monoisotopic (exact) mass is 344 g/mol. The van der Waals surface area contributed by atoms with Crippen LogP contribution >= 0.6 is 0 Å². The van der Waals surface area contributed by atoms with Crippen LogP contribution in [-0.2, 0) is 11.2 Å². The minimum atomic E-state index is -0.0448. The first kappa shape index (κ1) is 17.2. The summed E-state index contributed by atoms with van der Waals surface area (Å²) in [6, 6.07) is 1.96. The number of aryl methyl sites for hydroxylation is 2. The number of carbonyl (C=O) groups excluding carboxylic acids is 1. The van der Waals surface area contributed by atoms with E-state index in [-0.39, 0.29) is 12.3 Å². The molecule has 134 valence electrons.